The normalized spacial score (nSPS) is 28.6. The lowest BCUT2D eigenvalue weighted by atomic mass is 10.1. The van der Waals surface area contributed by atoms with Crippen molar-refractivity contribution < 1.29 is 13.9 Å². The second kappa shape index (κ2) is 3.45. The fourth-order valence-corrected chi connectivity index (χ4v) is 1.16. The van der Waals surface area contributed by atoms with Crippen LogP contribution in [-0.4, -0.2) is 41.7 Å². The van der Waals surface area contributed by atoms with Gasteiger partial charge in [-0.2, -0.15) is 0 Å². The standard InChI is InChI=1S/C7H13F2NO/c1-5-2-3-10(5)4-6(11)7(8)9/h5-7,11H,2-4H2,1H3. The summed E-state index contributed by atoms with van der Waals surface area (Å²) >= 11 is 0. The first-order chi connectivity index (χ1) is 5.11. The average molecular weight is 165 g/mol. The highest BCUT2D eigenvalue weighted by atomic mass is 19.3. The third kappa shape index (κ3) is 2.10. The van der Waals surface area contributed by atoms with Crippen LogP contribution in [0.1, 0.15) is 13.3 Å². The largest absolute Gasteiger partial charge is 0.386 e. The van der Waals surface area contributed by atoms with Gasteiger partial charge >= 0.3 is 0 Å². The number of hydrogen-bond acceptors (Lipinski definition) is 2. The van der Waals surface area contributed by atoms with Gasteiger partial charge in [-0.15, -0.1) is 0 Å². The van der Waals surface area contributed by atoms with Gasteiger partial charge in [-0.25, -0.2) is 8.78 Å². The van der Waals surface area contributed by atoms with Crippen LogP contribution >= 0.6 is 0 Å². The van der Waals surface area contributed by atoms with Crippen molar-refractivity contribution in [3.63, 3.8) is 0 Å². The summed E-state index contributed by atoms with van der Waals surface area (Å²) in [4.78, 5) is 1.86. The van der Waals surface area contributed by atoms with Crippen LogP contribution in [0.4, 0.5) is 8.78 Å². The third-order valence-electron chi connectivity index (χ3n) is 2.17. The van der Waals surface area contributed by atoms with E-state index in [9.17, 15) is 8.78 Å². The summed E-state index contributed by atoms with van der Waals surface area (Å²) in [7, 11) is 0. The van der Waals surface area contributed by atoms with Crippen molar-refractivity contribution >= 4 is 0 Å². The molecule has 1 aliphatic heterocycles. The summed E-state index contributed by atoms with van der Waals surface area (Å²) in [6.45, 7) is 2.92. The molecule has 1 heterocycles. The first-order valence-corrected chi connectivity index (χ1v) is 3.81. The number of rotatable bonds is 3. The Morgan fingerprint density at radius 2 is 2.27 bits per heavy atom. The topological polar surface area (TPSA) is 23.5 Å². The van der Waals surface area contributed by atoms with E-state index in [-0.39, 0.29) is 6.54 Å². The predicted molar refractivity (Wildman–Crippen MR) is 37.7 cm³/mol. The fraction of sp³-hybridized carbons (Fsp3) is 1.00. The van der Waals surface area contributed by atoms with Crippen LogP contribution in [-0.2, 0) is 0 Å². The number of β-amino-alcohol motifs (C(OH)–C–C–N with tert-alkyl or cyclic N) is 1. The maximum Gasteiger partial charge on any atom is 0.265 e. The lowest BCUT2D eigenvalue weighted by Crippen LogP contribution is -2.50. The van der Waals surface area contributed by atoms with E-state index in [4.69, 9.17) is 5.11 Å². The van der Waals surface area contributed by atoms with Gasteiger partial charge < -0.3 is 5.11 Å². The molecule has 0 aromatic heterocycles. The van der Waals surface area contributed by atoms with E-state index in [2.05, 4.69) is 0 Å². The molecule has 2 nitrogen and oxygen atoms in total. The molecule has 66 valence electrons. The van der Waals surface area contributed by atoms with Crippen molar-refractivity contribution in [3.8, 4) is 0 Å². The van der Waals surface area contributed by atoms with Gasteiger partial charge in [-0.1, -0.05) is 0 Å². The monoisotopic (exact) mass is 165 g/mol. The Balaban J connectivity index is 2.19. The van der Waals surface area contributed by atoms with E-state index in [0.29, 0.717) is 6.04 Å². The molecule has 0 bridgehead atoms. The molecule has 11 heavy (non-hydrogen) atoms. The molecular weight excluding hydrogens is 152 g/mol. The van der Waals surface area contributed by atoms with Gasteiger partial charge in [-0.3, -0.25) is 4.90 Å². The number of aliphatic hydroxyl groups is 1. The first kappa shape index (κ1) is 8.87. The SMILES string of the molecule is CC1CCN1CC(O)C(F)F. The Morgan fingerprint density at radius 3 is 2.55 bits per heavy atom. The Bertz CT molecular complexity index is 127. The van der Waals surface area contributed by atoms with Gasteiger partial charge in [0, 0.05) is 19.1 Å². The number of alkyl halides is 2. The zero-order valence-electron chi connectivity index (χ0n) is 6.50. The minimum absolute atomic E-state index is 0.110. The molecule has 1 saturated heterocycles. The van der Waals surface area contributed by atoms with Crippen LogP contribution < -0.4 is 0 Å². The highest BCUT2D eigenvalue weighted by Gasteiger charge is 2.28. The number of likely N-dealkylation sites (tertiary alicyclic amines) is 1. The van der Waals surface area contributed by atoms with Crippen LogP contribution in [0.3, 0.4) is 0 Å². The summed E-state index contributed by atoms with van der Waals surface area (Å²) in [5, 5.41) is 8.79. The molecular formula is C7H13F2NO. The Morgan fingerprint density at radius 1 is 1.64 bits per heavy atom. The van der Waals surface area contributed by atoms with E-state index in [1.165, 1.54) is 0 Å². The summed E-state index contributed by atoms with van der Waals surface area (Å²) in [5.41, 5.74) is 0. The summed E-state index contributed by atoms with van der Waals surface area (Å²) < 4.78 is 23.6. The van der Waals surface area contributed by atoms with Crippen LogP contribution in [0.25, 0.3) is 0 Å². The summed E-state index contributed by atoms with van der Waals surface area (Å²) in [5.74, 6) is 0. The smallest absolute Gasteiger partial charge is 0.265 e. The average Bonchev–Trinajstić information content (AvgIpc) is 1.96. The number of hydrogen-bond donors (Lipinski definition) is 1. The molecule has 4 heteroatoms. The second-order valence-corrected chi connectivity index (χ2v) is 3.03. The molecule has 0 spiro atoms. The predicted octanol–water partition coefficient (Wildman–Crippen LogP) is 0.707. The molecule has 0 aromatic rings. The van der Waals surface area contributed by atoms with Crippen LogP contribution in [0.2, 0.25) is 0 Å². The van der Waals surface area contributed by atoms with Crippen LogP contribution in [0.15, 0.2) is 0 Å². The summed E-state index contributed by atoms with van der Waals surface area (Å²) in [6.07, 6.45) is -3.03. The molecule has 0 amide bonds. The Kier molecular flexibility index (Phi) is 2.78. The maximum absolute atomic E-state index is 11.8. The van der Waals surface area contributed by atoms with Crippen molar-refractivity contribution in [2.75, 3.05) is 13.1 Å². The zero-order chi connectivity index (χ0) is 8.43. The van der Waals surface area contributed by atoms with Gasteiger partial charge in [0.15, 0.2) is 0 Å². The molecule has 1 rings (SSSR count). The van der Waals surface area contributed by atoms with E-state index < -0.39 is 12.5 Å². The highest BCUT2D eigenvalue weighted by Crippen LogP contribution is 2.17. The quantitative estimate of drug-likeness (QED) is 0.665. The van der Waals surface area contributed by atoms with Crippen molar-refractivity contribution in [1.82, 2.24) is 4.90 Å². The minimum atomic E-state index is -2.61. The van der Waals surface area contributed by atoms with Crippen molar-refractivity contribution in [2.45, 2.75) is 31.9 Å². The zero-order valence-corrected chi connectivity index (χ0v) is 6.50. The van der Waals surface area contributed by atoms with E-state index in [1.54, 1.807) is 0 Å². The number of aliphatic hydroxyl groups excluding tert-OH is 1. The minimum Gasteiger partial charge on any atom is -0.386 e. The Labute approximate surface area is 64.8 Å². The van der Waals surface area contributed by atoms with Gasteiger partial charge in [-0.05, 0) is 13.3 Å². The summed E-state index contributed by atoms with van der Waals surface area (Å²) in [6, 6.07) is 0.364. The van der Waals surface area contributed by atoms with Crippen molar-refractivity contribution in [3.05, 3.63) is 0 Å². The lowest BCUT2D eigenvalue weighted by Gasteiger charge is -2.39. The van der Waals surface area contributed by atoms with E-state index >= 15 is 0 Å². The van der Waals surface area contributed by atoms with Crippen LogP contribution in [0.5, 0.6) is 0 Å². The third-order valence-corrected chi connectivity index (χ3v) is 2.17. The van der Waals surface area contributed by atoms with Gasteiger partial charge in [0.25, 0.3) is 6.43 Å². The molecule has 1 fully saturated rings. The molecule has 0 aliphatic carbocycles. The van der Waals surface area contributed by atoms with Gasteiger partial charge in [0.1, 0.15) is 6.10 Å². The van der Waals surface area contributed by atoms with Crippen molar-refractivity contribution in [2.24, 2.45) is 0 Å². The number of nitrogens with zero attached hydrogens (tertiary/aromatic N) is 1. The molecule has 2 unspecified atom stereocenters. The molecule has 2 atom stereocenters. The van der Waals surface area contributed by atoms with E-state index in [1.807, 2.05) is 11.8 Å². The Hall–Kier alpha value is -0.220. The fourth-order valence-electron chi connectivity index (χ4n) is 1.16. The number of halogens is 2. The molecule has 0 saturated carbocycles. The van der Waals surface area contributed by atoms with Gasteiger partial charge in [0.2, 0.25) is 0 Å². The van der Waals surface area contributed by atoms with Crippen LogP contribution in [0, 0.1) is 0 Å². The van der Waals surface area contributed by atoms with Crippen molar-refractivity contribution in [1.29, 1.82) is 0 Å². The molecule has 1 aliphatic rings. The van der Waals surface area contributed by atoms with Gasteiger partial charge in [0.05, 0.1) is 0 Å². The second-order valence-electron chi connectivity index (χ2n) is 3.03. The first-order valence-electron chi connectivity index (χ1n) is 3.81. The lowest BCUT2D eigenvalue weighted by molar-refractivity contribution is -0.0448. The molecule has 0 radical (unpaired) electrons. The van der Waals surface area contributed by atoms with E-state index in [0.717, 1.165) is 13.0 Å². The highest BCUT2D eigenvalue weighted by molar-refractivity contribution is 4.80. The molecule has 0 aromatic carbocycles. The molecule has 1 N–H and O–H groups in total. The maximum atomic E-state index is 11.8.